The van der Waals surface area contributed by atoms with Gasteiger partial charge < -0.3 is 34.3 Å². The van der Waals surface area contributed by atoms with Crippen LogP contribution in [0.15, 0.2) is 73.3 Å². The first-order valence-corrected chi connectivity index (χ1v) is 33.7. The zero-order chi connectivity index (χ0) is 67.7. The molecule has 0 spiro atoms. The van der Waals surface area contributed by atoms with E-state index in [0.29, 0.717) is 64.9 Å². The number of ether oxygens (including phenoxy) is 1. The third-order valence-electron chi connectivity index (χ3n) is 17.6. The van der Waals surface area contributed by atoms with Crippen molar-refractivity contribution in [2.24, 2.45) is 0 Å². The number of carbonyl (C=O) groups excluding carboxylic acids is 2. The number of nitrogens with zero attached hydrogens (tertiary/aromatic N) is 14. The largest absolute Gasteiger partial charge is 0.350 e. The Bertz CT molecular complexity index is 3860. The van der Waals surface area contributed by atoms with E-state index in [9.17, 15) is 18.4 Å². The smallest absolute Gasteiger partial charge is 0.243 e. The van der Waals surface area contributed by atoms with Gasteiger partial charge in [0.1, 0.15) is 45.7 Å². The zero-order valence-electron chi connectivity index (χ0n) is 56.3. The second-order valence-electron chi connectivity index (χ2n) is 25.6. The Labute approximate surface area is 569 Å². The van der Waals surface area contributed by atoms with Gasteiger partial charge in [-0.15, -0.1) is 12.4 Å². The first-order chi connectivity index (χ1) is 46.4. The van der Waals surface area contributed by atoms with E-state index in [1.54, 1.807) is 17.6 Å². The molecule has 3 fully saturated rings. The molecule has 11 rings (SSSR count). The third-order valence-corrected chi connectivity index (χ3v) is 17.6. The number of pyridine rings is 2. The maximum atomic E-state index is 15.1. The number of unbranched alkanes of at least 4 members (excludes halogenated alkanes) is 6. The minimum absolute atomic E-state index is 0. The lowest BCUT2D eigenvalue weighted by molar-refractivity contribution is -0.200. The summed E-state index contributed by atoms with van der Waals surface area (Å²) in [7, 11) is 0. The molecule has 23 nitrogen and oxygen atoms in total. The average Bonchev–Trinajstić information content (AvgIpc) is 1.67. The maximum absolute atomic E-state index is 15.1. The number of carbonyl (C=O) groups is 2. The van der Waals surface area contributed by atoms with E-state index in [1.165, 1.54) is 12.1 Å². The van der Waals surface area contributed by atoms with Crippen molar-refractivity contribution in [3.05, 3.63) is 119 Å². The Morgan fingerprint density at radius 2 is 1.00 bits per heavy atom. The predicted octanol–water partition coefficient (Wildman–Crippen LogP) is 12.2. The molecule has 2 aromatic carbocycles. The number of rotatable bonds is 28. The molecule has 97 heavy (non-hydrogen) atoms. The second-order valence-corrected chi connectivity index (χ2v) is 25.6. The Morgan fingerprint density at radius 1 is 0.557 bits per heavy atom. The zero-order valence-corrected chi connectivity index (χ0v) is 57.1. The number of aryl methyl sites for hydroxylation is 2. The molecule has 522 valence electrons. The molecule has 6 aromatic heterocycles. The van der Waals surface area contributed by atoms with Crippen LogP contribution < -0.4 is 21.6 Å². The quantitative estimate of drug-likeness (QED) is 0.0132. The number of nitrogens with one attached hydrogen (secondary N) is 4. The Kier molecular flexibility index (Phi) is 26.9. The van der Waals surface area contributed by atoms with E-state index in [-0.39, 0.29) is 76.9 Å². The highest BCUT2D eigenvalue weighted by atomic mass is 35.5. The van der Waals surface area contributed by atoms with Crippen molar-refractivity contribution in [2.75, 3.05) is 82.7 Å². The summed E-state index contributed by atoms with van der Waals surface area (Å²) in [5, 5.41) is 14.6. The highest BCUT2D eigenvalue weighted by molar-refractivity contribution is 5.86. The number of hydrogen-bond acceptors (Lipinski definition) is 19. The SMILES string of the molecule is Cc1nc2c(F)cc(-c3nc(Nc4ccc(CN5CCN(CCCCCCC(=O)NO)CC5)cn4)ncc3F)cc2n1C(C)C.Cc1nc2c(F)cc(-c3nc(Nc4ccc(CN5CCN(CCCCCCC(=O)NOC6CCCCO6)CC5)cn4)ncc3F)cc2n1C(C)C.Cl. The van der Waals surface area contributed by atoms with E-state index in [1.807, 2.05) is 87.3 Å². The van der Waals surface area contributed by atoms with Gasteiger partial charge in [0.2, 0.25) is 23.7 Å². The van der Waals surface area contributed by atoms with Crippen LogP contribution in [-0.2, 0) is 32.3 Å². The van der Waals surface area contributed by atoms with Crippen molar-refractivity contribution in [3.8, 4) is 22.5 Å². The summed E-state index contributed by atoms with van der Waals surface area (Å²) >= 11 is 0. The summed E-state index contributed by atoms with van der Waals surface area (Å²) in [5.74, 6) is -0.0159. The van der Waals surface area contributed by atoms with Crippen molar-refractivity contribution in [1.29, 1.82) is 0 Å². The van der Waals surface area contributed by atoms with Gasteiger partial charge in [0.05, 0.1) is 23.4 Å². The lowest BCUT2D eigenvalue weighted by atomic mass is 10.1. The monoisotopic (exact) mass is 1360 g/mol. The average molecular weight is 1360 g/mol. The first kappa shape index (κ1) is 73.4. The number of imidazole rings is 2. The summed E-state index contributed by atoms with van der Waals surface area (Å²) < 4.78 is 69.2. The fourth-order valence-electron chi connectivity index (χ4n) is 12.6. The van der Waals surface area contributed by atoms with Crippen LogP contribution in [0.3, 0.4) is 0 Å². The first-order valence-electron chi connectivity index (χ1n) is 33.7. The van der Waals surface area contributed by atoms with E-state index >= 15 is 8.78 Å². The fraction of sp³-hybridized carbons (Fsp3) is 0.507. The summed E-state index contributed by atoms with van der Waals surface area (Å²) in [5.41, 5.74) is 8.66. The number of piperazine rings is 2. The molecule has 0 saturated carbocycles. The summed E-state index contributed by atoms with van der Waals surface area (Å²) in [4.78, 5) is 73.0. The van der Waals surface area contributed by atoms with E-state index < -0.39 is 23.3 Å². The number of aromatic nitrogens is 10. The molecule has 8 aromatic rings. The normalized spacial score (nSPS) is 15.8. The highest BCUT2D eigenvalue weighted by Crippen LogP contribution is 2.33. The number of amides is 2. The summed E-state index contributed by atoms with van der Waals surface area (Å²) in [6.45, 7) is 24.0. The number of benzene rings is 2. The third kappa shape index (κ3) is 20.4. The van der Waals surface area contributed by atoms with Gasteiger partial charge in [-0.2, -0.15) is 0 Å². The number of anilines is 4. The van der Waals surface area contributed by atoms with Gasteiger partial charge in [-0.3, -0.25) is 24.6 Å². The van der Waals surface area contributed by atoms with Crippen molar-refractivity contribution in [3.63, 3.8) is 0 Å². The Morgan fingerprint density at radius 3 is 1.41 bits per heavy atom. The van der Waals surface area contributed by atoms with Gasteiger partial charge in [-0.1, -0.05) is 37.8 Å². The minimum Gasteiger partial charge on any atom is -0.350 e. The fourth-order valence-corrected chi connectivity index (χ4v) is 12.6. The minimum atomic E-state index is -0.653. The van der Waals surface area contributed by atoms with Crippen LogP contribution in [0, 0.1) is 37.1 Å². The molecule has 3 aliphatic rings. The van der Waals surface area contributed by atoms with Crippen LogP contribution in [0.2, 0.25) is 0 Å². The van der Waals surface area contributed by atoms with E-state index in [2.05, 4.69) is 75.6 Å². The maximum Gasteiger partial charge on any atom is 0.243 e. The second kappa shape index (κ2) is 35.6. The van der Waals surface area contributed by atoms with Crippen molar-refractivity contribution >= 4 is 69.8 Å². The van der Waals surface area contributed by atoms with Crippen LogP contribution in [0.25, 0.3) is 44.6 Å². The molecular formula is C69H91ClF4N18O5. The van der Waals surface area contributed by atoms with Gasteiger partial charge >= 0.3 is 0 Å². The standard InChI is InChI=1S/C37H49F2N9O3.C32H41F2N9O2.ClH/c1-25(2)48-26(3)42-36-29(38)20-28(21-31(36)48)35-30(39)23-41-37(44-35)43-32-13-12-27(22-40-32)24-47-17-15-46(16-18-47)14-8-5-4-6-10-33(49)45-51-34-11-7-9-19-50-34;1-21(2)43-22(3)37-31-25(33)16-24(17-27(31)43)30-26(34)19-36-32(39-30)38-28-10-9-23(18-35-28)20-42-14-12-41(13-15-42)11-7-5-4-6-8-29(44)40-45;/h12-13,20-23,25,34H,4-11,14-19,24H2,1-3H3,(H,45,49)(H,40,41,43,44);9-10,16-19,21,45H,4-8,11-15,20H2,1-3H3,(H,40,44)(H,35,36,38,39);1H. The Hall–Kier alpha value is -7.89. The topological polar surface area (TPSA) is 247 Å². The molecule has 0 aliphatic carbocycles. The number of fused-ring (bicyclic) bond motifs is 2. The van der Waals surface area contributed by atoms with Gasteiger partial charge in [0.25, 0.3) is 0 Å². The number of hydroxylamine groups is 2. The van der Waals surface area contributed by atoms with Gasteiger partial charge in [-0.25, -0.2) is 73.2 Å². The van der Waals surface area contributed by atoms with Crippen LogP contribution in [-0.4, -0.2) is 164 Å². The van der Waals surface area contributed by atoms with Crippen LogP contribution in [0.1, 0.15) is 146 Å². The molecule has 5 N–H and O–H groups in total. The lowest BCUT2D eigenvalue weighted by Crippen LogP contribution is -2.46. The highest BCUT2D eigenvalue weighted by Gasteiger charge is 2.24. The molecule has 28 heteroatoms. The van der Waals surface area contributed by atoms with Gasteiger partial charge in [0, 0.05) is 127 Å². The molecule has 0 bridgehead atoms. The van der Waals surface area contributed by atoms with Crippen LogP contribution in [0.5, 0.6) is 0 Å². The van der Waals surface area contributed by atoms with Gasteiger partial charge in [0.15, 0.2) is 29.6 Å². The molecule has 2 amide bonds. The Balaban J connectivity index is 0.000000227. The van der Waals surface area contributed by atoms with Crippen molar-refractivity contribution in [1.82, 2.24) is 79.6 Å². The van der Waals surface area contributed by atoms with E-state index in [4.69, 9.17) is 14.8 Å². The van der Waals surface area contributed by atoms with E-state index in [0.717, 1.165) is 173 Å². The summed E-state index contributed by atoms with van der Waals surface area (Å²) in [6.07, 6.45) is 17.4. The van der Waals surface area contributed by atoms with Gasteiger partial charge in [-0.05, 0) is 141 Å². The molecule has 9 heterocycles. The molecular weight excluding hydrogens is 1270 g/mol. The lowest BCUT2D eigenvalue weighted by Gasteiger charge is -2.34. The summed E-state index contributed by atoms with van der Waals surface area (Å²) in [6, 6.07) is 13.8. The molecule has 1 atom stereocenters. The van der Waals surface area contributed by atoms with Crippen molar-refractivity contribution in [2.45, 2.75) is 156 Å². The van der Waals surface area contributed by atoms with Crippen LogP contribution in [0.4, 0.5) is 41.1 Å². The van der Waals surface area contributed by atoms with Crippen molar-refractivity contribution < 1.29 is 41.9 Å². The number of halogens is 5. The predicted molar refractivity (Wildman–Crippen MR) is 366 cm³/mol. The molecule has 3 saturated heterocycles. The molecule has 1 unspecified atom stereocenters. The molecule has 3 aliphatic heterocycles. The molecule has 0 radical (unpaired) electrons. The van der Waals surface area contributed by atoms with Crippen LogP contribution >= 0.6 is 12.4 Å². The number of hydrogen-bond donors (Lipinski definition) is 5.